The van der Waals surface area contributed by atoms with Gasteiger partial charge in [0.1, 0.15) is 0 Å². The maximum absolute atomic E-state index is 12.4. The van der Waals surface area contributed by atoms with Crippen molar-refractivity contribution in [2.75, 3.05) is 26.2 Å². The number of hydrogen-bond acceptors (Lipinski definition) is 3. The molecule has 0 bridgehead atoms. The van der Waals surface area contributed by atoms with Crippen LogP contribution in [0.5, 0.6) is 0 Å². The molecule has 1 saturated heterocycles. The molecular weight excluding hydrogens is 270 g/mol. The number of rotatable bonds is 6. The molecule has 2 atom stereocenters. The monoisotopic (exact) mass is 297 g/mol. The van der Waals surface area contributed by atoms with Gasteiger partial charge in [0.15, 0.2) is 0 Å². The fourth-order valence-corrected chi connectivity index (χ4v) is 3.38. The molecule has 20 heavy (non-hydrogen) atoms. The van der Waals surface area contributed by atoms with Crippen LogP contribution in [0.2, 0.25) is 0 Å². The predicted octanol–water partition coefficient (Wildman–Crippen LogP) is 1.63. The number of nitrogens with two attached hydrogens (primary N) is 1. The Morgan fingerprint density at radius 1 is 1.30 bits per heavy atom. The van der Waals surface area contributed by atoms with Crippen molar-refractivity contribution in [3.63, 3.8) is 0 Å². The van der Waals surface area contributed by atoms with Gasteiger partial charge in [-0.25, -0.2) is 0 Å². The van der Waals surface area contributed by atoms with Crippen molar-refractivity contribution < 1.29 is 4.79 Å². The van der Waals surface area contributed by atoms with Crippen molar-refractivity contribution in [2.45, 2.75) is 45.6 Å². The minimum atomic E-state index is 0.202. The Balaban J connectivity index is 1.84. The van der Waals surface area contributed by atoms with Gasteiger partial charge in [0.25, 0.3) is 0 Å². The molecule has 0 aromatic carbocycles. The highest BCUT2D eigenvalue weighted by Crippen LogP contribution is 2.37. The van der Waals surface area contributed by atoms with Gasteiger partial charge in [0.2, 0.25) is 5.91 Å². The van der Waals surface area contributed by atoms with Crippen LogP contribution in [0.4, 0.5) is 0 Å². The van der Waals surface area contributed by atoms with Gasteiger partial charge in [-0.3, -0.25) is 9.69 Å². The standard InChI is InChI=1S/C15H27N3OS/c1-3-4-13(14(16)20)17-7-9-18(10-8-17)15(19)11(2)12-5-6-12/h11-13H,3-10H2,1-2H3,(H2,16,20). The van der Waals surface area contributed by atoms with Crippen molar-refractivity contribution >= 4 is 23.1 Å². The summed E-state index contributed by atoms with van der Waals surface area (Å²) >= 11 is 5.18. The molecule has 1 aliphatic carbocycles. The van der Waals surface area contributed by atoms with Crippen LogP contribution < -0.4 is 5.73 Å². The maximum Gasteiger partial charge on any atom is 0.225 e. The van der Waals surface area contributed by atoms with Crippen LogP contribution >= 0.6 is 12.2 Å². The van der Waals surface area contributed by atoms with E-state index >= 15 is 0 Å². The number of carbonyl (C=O) groups is 1. The number of nitrogens with zero attached hydrogens (tertiary/aromatic N) is 2. The largest absolute Gasteiger partial charge is 0.392 e. The van der Waals surface area contributed by atoms with Gasteiger partial charge in [0, 0.05) is 32.1 Å². The Morgan fingerprint density at radius 2 is 1.90 bits per heavy atom. The van der Waals surface area contributed by atoms with Crippen LogP contribution in [-0.2, 0) is 4.79 Å². The topological polar surface area (TPSA) is 49.6 Å². The lowest BCUT2D eigenvalue weighted by Crippen LogP contribution is -2.55. The average Bonchev–Trinajstić information content (AvgIpc) is 3.27. The molecule has 4 nitrogen and oxygen atoms in total. The first-order chi connectivity index (χ1) is 9.54. The highest BCUT2D eigenvalue weighted by atomic mass is 32.1. The third kappa shape index (κ3) is 3.70. The lowest BCUT2D eigenvalue weighted by atomic mass is 10.0. The molecular formula is C15H27N3OS. The summed E-state index contributed by atoms with van der Waals surface area (Å²) in [4.78, 5) is 17.3. The minimum absolute atomic E-state index is 0.202. The first-order valence-electron chi connectivity index (χ1n) is 7.86. The normalized spacial score (nSPS) is 23.4. The van der Waals surface area contributed by atoms with E-state index in [0.29, 0.717) is 16.8 Å². The van der Waals surface area contributed by atoms with Crippen LogP contribution in [0, 0.1) is 11.8 Å². The molecule has 0 aromatic heterocycles. The third-order valence-corrected chi connectivity index (χ3v) is 4.95. The molecule has 0 spiro atoms. The Kier molecular flexibility index (Phi) is 5.38. The van der Waals surface area contributed by atoms with Crippen molar-refractivity contribution in [2.24, 2.45) is 17.6 Å². The smallest absolute Gasteiger partial charge is 0.225 e. The van der Waals surface area contributed by atoms with Gasteiger partial charge in [-0.05, 0) is 25.2 Å². The first kappa shape index (κ1) is 15.7. The lowest BCUT2D eigenvalue weighted by molar-refractivity contribution is -0.137. The minimum Gasteiger partial charge on any atom is -0.392 e. The van der Waals surface area contributed by atoms with Crippen LogP contribution in [0.25, 0.3) is 0 Å². The van der Waals surface area contributed by atoms with Gasteiger partial charge in [-0.15, -0.1) is 0 Å². The van der Waals surface area contributed by atoms with E-state index < -0.39 is 0 Å². The quantitative estimate of drug-likeness (QED) is 0.757. The maximum atomic E-state index is 12.4. The molecule has 2 aliphatic rings. The number of piperazine rings is 1. The summed E-state index contributed by atoms with van der Waals surface area (Å²) in [5.74, 6) is 1.20. The second-order valence-electron chi connectivity index (χ2n) is 6.19. The van der Waals surface area contributed by atoms with E-state index in [-0.39, 0.29) is 12.0 Å². The van der Waals surface area contributed by atoms with Gasteiger partial charge in [-0.2, -0.15) is 0 Å². The predicted molar refractivity (Wildman–Crippen MR) is 85.5 cm³/mol. The average molecular weight is 297 g/mol. The molecule has 1 heterocycles. The van der Waals surface area contributed by atoms with Gasteiger partial charge in [0.05, 0.1) is 11.0 Å². The van der Waals surface area contributed by atoms with Crippen molar-refractivity contribution in [3.05, 3.63) is 0 Å². The van der Waals surface area contributed by atoms with Crippen LogP contribution in [0.1, 0.15) is 39.5 Å². The second kappa shape index (κ2) is 6.85. The Morgan fingerprint density at radius 3 is 2.35 bits per heavy atom. The fourth-order valence-electron chi connectivity index (χ4n) is 3.12. The van der Waals surface area contributed by atoms with E-state index in [0.717, 1.165) is 39.0 Å². The molecule has 5 heteroatoms. The summed E-state index contributed by atoms with van der Waals surface area (Å²) in [5.41, 5.74) is 5.85. The first-order valence-corrected chi connectivity index (χ1v) is 8.27. The SMILES string of the molecule is CCCC(C(N)=S)N1CCN(C(=O)C(C)C2CC2)CC1. The fraction of sp³-hybridized carbons (Fsp3) is 0.867. The molecule has 1 saturated carbocycles. The summed E-state index contributed by atoms with van der Waals surface area (Å²) < 4.78 is 0. The summed E-state index contributed by atoms with van der Waals surface area (Å²) in [7, 11) is 0. The number of carbonyl (C=O) groups excluding carboxylic acids is 1. The summed E-state index contributed by atoms with van der Waals surface area (Å²) in [6, 6.07) is 0.202. The third-order valence-electron chi connectivity index (χ3n) is 4.68. The number of thiocarbonyl (C=S) groups is 1. The Labute approximate surface area is 127 Å². The highest BCUT2D eigenvalue weighted by Gasteiger charge is 2.36. The summed E-state index contributed by atoms with van der Waals surface area (Å²) in [5, 5.41) is 0. The molecule has 1 aliphatic heterocycles. The molecule has 2 fully saturated rings. The van der Waals surface area contributed by atoms with Gasteiger partial charge < -0.3 is 10.6 Å². The zero-order valence-electron chi connectivity index (χ0n) is 12.7. The van der Waals surface area contributed by atoms with Crippen molar-refractivity contribution in [1.82, 2.24) is 9.80 Å². The van der Waals surface area contributed by atoms with Gasteiger partial charge in [-0.1, -0.05) is 32.5 Å². The Hall–Kier alpha value is -0.680. The van der Waals surface area contributed by atoms with E-state index in [1.165, 1.54) is 12.8 Å². The van der Waals surface area contributed by atoms with E-state index in [1.54, 1.807) is 0 Å². The van der Waals surface area contributed by atoms with Crippen LogP contribution in [0.15, 0.2) is 0 Å². The van der Waals surface area contributed by atoms with Crippen LogP contribution in [0.3, 0.4) is 0 Å². The lowest BCUT2D eigenvalue weighted by Gasteiger charge is -2.39. The molecule has 2 N–H and O–H groups in total. The number of amides is 1. The highest BCUT2D eigenvalue weighted by molar-refractivity contribution is 7.80. The molecule has 2 unspecified atom stereocenters. The number of hydrogen-bond donors (Lipinski definition) is 1. The summed E-state index contributed by atoms with van der Waals surface area (Å²) in [6.07, 6.45) is 4.56. The van der Waals surface area contributed by atoms with E-state index in [2.05, 4.69) is 18.7 Å². The van der Waals surface area contributed by atoms with Gasteiger partial charge >= 0.3 is 0 Å². The zero-order chi connectivity index (χ0) is 14.7. The van der Waals surface area contributed by atoms with E-state index in [1.807, 2.05) is 4.90 Å². The second-order valence-corrected chi connectivity index (χ2v) is 6.67. The Bertz CT molecular complexity index is 362. The van der Waals surface area contributed by atoms with Crippen LogP contribution in [-0.4, -0.2) is 52.9 Å². The zero-order valence-corrected chi connectivity index (χ0v) is 13.5. The molecule has 114 valence electrons. The van der Waals surface area contributed by atoms with Crippen molar-refractivity contribution in [3.8, 4) is 0 Å². The molecule has 1 amide bonds. The van der Waals surface area contributed by atoms with Crippen molar-refractivity contribution in [1.29, 1.82) is 0 Å². The molecule has 2 rings (SSSR count). The van der Waals surface area contributed by atoms with E-state index in [4.69, 9.17) is 18.0 Å². The molecule has 0 radical (unpaired) electrons. The molecule has 0 aromatic rings. The summed E-state index contributed by atoms with van der Waals surface area (Å²) in [6.45, 7) is 7.66. The van der Waals surface area contributed by atoms with E-state index in [9.17, 15) is 4.79 Å².